The fourth-order valence-electron chi connectivity index (χ4n) is 5.03. The summed E-state index contributed by atoms with van der Waals surface area (Å²) in [5.74, 6) is 2.45. The number of hydrogen-bond acceptors (Lipinski definition) is 1. The molecule has 0 spiro atoms. The second-order valence-corrected chi connectivity index (χ2v) is 8.68. The van der Waals surface area contributed by atoms with Crippen molar-refractivity contribution in [2.45, 2.75) is 59.3 Å². The highest BCUT2D eigenvalue weighted by atomic mass is 32.1. The Morgan fingerprint density at radius 3 is 2.75 bits per heavy atom. The summed E-state index contributed by atoms with van der Waals surface area (Å²) in [4.78, 5) is 1.26. The van der Waals surface area contributed by atoms with Crippen molar-refractivity contribution in [3.05, 3.63) is 58.6 Å². The molecule has 0 bridgehead atoms. The van der Waals surface area contributed by atoms with Gasteiger partial charge in [-0.05, 0) is 89.4 Å². The minimum atomic E-state index is 0.355. The molecule has 0 aliphatic heterocycles. The van der Waals surface area contributed by atoms with Crippen molar-refractivity contribution in [1.82, 2.24) is 0 Å². The molecule has 4 aliphatic rings. The minimum Gasteiger partial charge on any atom is -0.148 e. The molecule has 0 radical (unpaired) electrons. The zero-order chi connectivity index (χ0) is 17.3. The topological polar surface area (TPSA) is 0 Å². The van der Waals surface area contributed by atoms with E-state index in [-0.39, 0.29) is 0 Å². The predicted octanol–water partition coefficient (Wildman–Crippen LogP) is 7.04. The van der Waals surface area contributed by atoms with Gasteiger partial charge < -0.3 is 0 Å². The molecule has 24 heavy (non-hydrogen) atoms. The molecule has 0 amide bonds. The zero-order valence-electron chi connectivity index (χ0n) is 15.5. The van der Waals surface area contributed by atoms with Crippen LogP contribution in [-0.4, -0.2) is 0 Å². The summed E-state index contributed by atoms with van der Waals surface area (Å²) < 4.78 is 0. The zero-order valence-corrected chi connectivity index (χ0v) is 16.4. The Labute approximate surface area is 153 Å². The van der Waals surface area contributed by atoms with Crippen LogP contribution in [0.25, 0.3) is 0 Å². The first kappa shape index (κ1) is 17.9. The normalized spacial score (nSPS) is 36.6. The number of fused-ring (bicyclic) bond motifs is 5. The van der Waals surface area contributed by atoms with E-state index in [0.29, 0.717) is 5.41 Å². The number of hydrogen-bond donors (Lipinski definition) is 1. The lowest BCUT2D eigenvalue weighted by Crippen LogP contribution is -2.38. The van der Waals surface area contributed by atoms with Gasteiger partial charge in [0.05, 0.1) is 0 Å². The maximum Gasteiger partial charge on any atom is -0.000292 e. The Morgan fingerprint density at radius 1 is 1.29 bits per heavy atom. The van der Waals surface area contributed by atoms with Crippen molar-refractivity contribution < 1.29 is 0 Å². The second kappa shape index (κ2) is 7.12. The highest BCUT2D eigenvalue weighted by Gasteiger charge is 2.47. The van der Waals surface area contributed by atoms with Crippen LogP contribution in [0.1, 0.15) is 59.3 Å². The summed E-state index contributed by atoms with van der Waals surface area (Å²) in [5.41, 5.74) is 5.25. The average molecular weight is 341 g/mol. The highest BCUT2D eigenvalue weighted by Crippen LogP contribution is 2.58. The van der Waals surface area contributed by atoms with Crippen molar-refractivity contribution in [2.24, 2.45) is 23.2 Å². The Bertz CT molecular complexity index is 630. The maximum atomic E-state index is 4.59. The molecule has 0 aromatic heterocycles. The Hall–Kier alpha value is -0.950. The van der Waals surface area contributed by atoms with Crippen molar-refractivity contribution in [3.63, 3.8) is 0 Å². The van der Waals surface area contributed by atoms with E-state index in [1.807, 2.05) is 6.08 Å². The molecule has 1 saturated carbocycles. The molecule has 4 atom stereocenters. The lowest BCUT2D eigenvalue weighted by atomic mass is 9.56. The molecule has 0 saturated heterocycles. The molecule has 4 unspecified atom stereocenters. The van der Waals surface area contributed by atoms with Crippen molar-refractivity contribution in [3.8, 4) is 0 Å². The van der Waals surface area contributed by atoms with Gasteiger partial charge in [0.2, 0.25) is 0 Å². The highest BCUT2D eigenvalue weighted by molar-refractivity contribution is 7.84. The molecule has 0 heterocycles. The van der Waals surface area contributed by atoms with E-state index in [2.05, 4.69) is 64.3 Å². The van der Waals surface area contributed by atoms with E-state index >= 15 is 0 Å². The van der Waals surface area contributed by atoms with Gasteiger partial charge in [0, 0.05) is 0 Å². The van der Waals surface area contributed by atoms with Crippen LogP contribution in [0, 0.1) is 23.2 Å². The predicted molar refractivity (Wildman–Crippen MR) is 109 cm³/mol. The summed E-state index contributed by atoms with van der Waals surface area (Å²) in [7, 11) is 0. The van der Waals surface area contributed by atoms with E-state index in [1.165, 1.54) is 36.2 Å². The van der Waals surface area contributed by atoms with Crippen LogP contribution in [0.4, 0.5) is 0 Å². The summed E-state index contributed by atoms with van der Waals surface area (Å²) in [6, 6.07) is 0. The van der Waals surface area contributed by atoms with Crippen LogP contribution in [0.15, 0.2) is 58.6 Å². The second-order valence-electron chi connectivity index (χ2n) is 8.10. The van der Waals surface area contributed by atoms with Gasteiger partial charge in [-0.1, -0.05) is 45.1 Å². The third-order valence-electron chi connectivity index (χ3n) is 6.65. The molecular formula is C23H32S. The number of thiol groups is 1. The maximum absolute atomic E-state index is 4.59. The monoisotopic (exact) mass is 340 g/mol. The third-order valence-corrected chi connectivity index (χ3v) is 7.01. The summed E-state index contributed by atoms with van der Waals surface area (Å²) in [5, 5.41) is 0. The Kier molecular flexibility index (Phi) is 5.30. The van der Waals surface area contributed by atoms with Crippen molar-refractivity contribution >= 4 is 12.6 Å². The van der Waals surface area contributed by atoms with Gasteiger partial charge in [0.1, 0.15) is 0 Å². The molecule has 0 aromatic rings. The largest absolute Gasteiger partial charge is 0.148 e. The quantitative estimate of drug-likeness (QED) is 0.384. The minimum absolute atomic E-state index is 0.355. The number of rotatable bonds is 1. The standard InChI is InChI=1S/C19H24S.C4H8/c1-12-3-5-16-15(12)7-8-18-17(16)6-4-13-11-14(20)9-10-19(13,18)2;1-3-4-2/h4-6,11-12,15,18,20H,3,7-10H2,1-2H3;3H,1,4H2,2H3. The fraction of sp³-hybridized carbons (Fsp3) is 0.565. The smallest absolute Gasteiger partial charge is 0.000292 e. The van der Waals surface area contributed by atoms with Gasteiger partial charge in [0.25, 0.3) is 0 Å². The van der Waals surface area contributed by atoms with Crippen molar-refractivity contribution in [2.75, 3.05) is 0 Å². The van der Waals surface area contributed by atoms with E-state index in [9.17, 15) is 0 Å². The van der Waals surface area contributed by atoms with Gasteiger partial charge in [-0.25, -0.2) is 0 Å². The lowest BCUT2D eigenvalue weighted by Gasteiger charge is -2.48. The summed E-state index contributed by atoms with van der Waals surface area (Å²) in [6.07, 6.45) is 19.1. The van der Waals surface area contributed by atoms with Gasteiger partial charge in [-0.3, -0.25) is 0 Å². The van der Waals surface area contributed by atoms with Gasteiger partial charge in [-0.2, -0.15) is 0 Å². The lowest BCUT2D eigenvalue weighted by molar-refractivity contribution is 0.202. The number of allylic oxidation sites excluding steroid dienone is 9. The molecular weight excluding hydrogens is 308 g/mol. The van der Waals surface area contributed by atoms with Crippen LogP contribution in [0.5, 0.6) is 0 Å². The SMILES string of the molecule is C=CCC.CC1CC=C2C3=CC=C4C=C(S)CCC4(C)C3CCC21. The Balaban J connectivity index is 0.000000383. The molecule has 130 valence electrons. The molecule has 4 aliphatic carbocycles. The van der Waals surface area contributed by atoms with Crippen LogP contribution in [0.2, 0.25) is 0 Å². The van der Waals surface area contributed by atoms with Crippen LogP contribution in [0.3, 0.4) is 0 Å². The van der Waals surface area contributed by atoms with E-state index < -0.39 is 0 Å². The molecule has 4 rings (SSSR count). The van der Waals surface area contributed by atoms with E-state index in [1.54, 1.807) is 11.1 Å². The van der Waals surface area contributed by atoms with Gasteiger partial charge in [-0.15, -0.1) is 19.2 Å². The van der Waals surface area contributed by atoms with Crippen LogP contribution >= 0.6 is 12.6 Å². The van der Waals surface area contributed by atoms with Crippen LogP contribution in [-0.2, 0) is 0 Å². The van der Waals surface area contributed by atoms with Crippen molar-refractivity contribution in [1.29, 1.82) is 0 Å². The van der Waals surface area contributed by atoms with Gasteiger partial charge in [0.15, 0.2) is 0 Å². The first-order valence-corrected chi connectivity index (χ1v) is 10.1. The fourth-order valence-corrected chi connectivity index (χ4v) is 5.28. The molecule has 1 heteroatoms. The third kappa shape index (κ3) is 3.01. The average Bonchev–Trinajstić information content (AvgIpc) is 2.97. The van der Waals surface area contributed by atoms with E-state index in [0.717, 1.165) is 30.6 Å². The summed E-state index contributed by atoms with van der Waals surface area (Å²) in [6.45, 7) is 10.5. The van der Waals surface area contributed by atoms with E-state index in [4.69, 9.17) is 0 Å². The molecule has 0 nitrogen and oxygen atoms in total. The van der Waals surface area contributed by atoms with Gasteiger partial charge >= 0.3 is 0 Å². The molecule has 0 aromatic carbocycles. The first-order chi connectivity index (χ1) is 11.5. The molecule has 1 fully saturated rings. The van der Waals surface area contributed by atoms with Crippen LogP contribution < -0.4 is 0 Å². The Morgan fingerprint density at radius 2 is 2.04 bits per heavy atom. The molecule has 0 N–H and O–H groups in total. The summed E-state index contributed by atoms with van der Waals surface area (Å²) >= 11 is 4.59. The first-order valence-electron chi connectivity index (χ1n) is 9.64.